The fourth-order valence-corrected chi connectivity index (χ4v) is 0.667. The third-order valence-electron chi connectivity index (χ3n) is 0.667. The Labute approximate surface area is 51.6 Å². The fourth-order valence-electron chi connectivity index (χ4n) is 0.667. The Morgan fingerprint density at radius 2 is 1.12 bits per heavy atom. The maximum absolute atomic E-state index is 3.31. The summed E-state index contributed by atoms with van der Waals surface area (Å²) in [4.78, 5) is 0. The van der Waals surface area contributed by atoms with Gasteiger partial charge in [-0.1, -0.05) is 27.7 Å². The maximum atomic E-state index is 3.31. The van der Waals surface area contributed by atoms with Crippen molar-refractivity contribution in [2.45, 2.75) is 39.8 Å². The lowest BCUT2D eigenvalue weighted by Crippen LogP contribution is -2.29. The number of hydrogen-bond donors (Lipinski definition) is 1. The Morgan fingerprint density at radius 3 is 1.12 bits per heavy atom. The average Bonchev–Trinajstić information content (AvgIpc) is 1.27. The van der Waals surface area contributed by atoms with E-state index in [-0.39, 0.29) is 5.48 Å². The number of nitrogens with one attached hydrogen (secondary N) is 1. The molecule has 0 aromatic heterocycles. The van der Waals surface area contributed by atoms with Crippen molar-refractivity contribution in [2.75, 3.05) is 0 Å². The Kier molecular flexibility index (Phi) is 6.85. The third-order valence-corrected chi connectivity index (χ3v) is 0.667. The van der Waals surface area contributed by atoms with Crippen molar-refractivity contribution in [3.8, 4) is 0 Å². The molecule has 0 aliphatic carbocycles. The van der Waals surface area contributed by atoms with Crippen molar-refractivity contribution in [3.63, 3.8) is 0 Å². The molecule has 0 bridgehead atoms. The summed E-state index contributed by atoms with van der Waals surface area (Å²) < 4.78 is 0. The molecule has 0 saturated heterocycles. The Bertz CT molecular complexity index is 37.8. The quantitative estimate of drug-likeness (QED) is 0.567. The molecule has 3 N–H and O–H groups in total. The molecule has 0 aromatic rings. The molecule has 0 aliphatic heterocycles. The van der Waals surface area contributed by atoms with Crippen LogP contribution in [0.3, 0.4) is 0 Å². The summed E-state index contributed by atoms with van der Waals surface area (Å²) in [5.41, 5.74) is 0. The molecule has 0 heterocycles. The van der Waals surface area contributed by atoms with Gasteiger partial charge in [0.2, 0.25) is 0 Å². The summed E-state index contributed by atoms with van der Waals surface area (Å²) in [6.07, 6.45) is 0. The normalized spacial score (nSPS) is 9.75. The van der Waals surface area contributed by atoms with Gasteiger partial charge < -0.3 is 10.8 Å². The first-order chi connectivity index (χ1) is 3.13. The summed E-state index contributed by atoms with van der Waals surface area (Å²) in [5.74, 6) is 0. The minimum Gasteiger partial charge on any atom is -0.412 e. The van der Waals surface area contributed by atoms with E-state index >= 15 is 0 Å². The van der Waals surface area contributed by atoms with Gasteiger partial charge in [0.05, 0.1) is 0 Å². The van der Waals surface area contributed by atoms with Crippen LogP contribution in [0, 0.1) is 0 Å². The first-order valence-corrected chi connectivity index (χ1v) is 2.89. The second-order valence-corrected chi connectivity index (χ2v) is 2.48. The summed E-state index contributed by atoms with van der Waals surface area (Å²) in [5, 5.41) is 3.31. The monoisotopic (exact) mass is 119 g/mol. The topological polar surface area (TPSA) is 43.5 Å². The zero-order valence-electron chi connectivity index (χ0n) is 6.15. The van der Waals surface area contributed by atoms with E-state index in [2.05, 4.69) is 33.0 Å². The van der Waals surface area contributed by atoms with E-state index in [1.165, 1.54) is 0 Å². The molecule has 0 saturated carbocycles. The van der Waals surface area contributed by atoms with Gasteiger partial charge in [-0.15, -0.1) is 0 Å². The van der Waals surface area contributed by atoms with Gasteiger partial charge >= 0.3 is 0 Å². The summed E-state index contributed by atoms with van der Waals surface area (Å²) >= 11 is 0. The van der Waals surface area contributed by atoms with E-state index in [4.69, 9.17) is 0 Å². The molecular formula is C6H17NO. The van der Waals surface area contributed by atoms with Crippen molar-refractivity contribution >= 4 is 0 Å². The van der Waals surface area contributed by atoms with Gasteiger partial charge in [-0.3, -0.25) is 0 Å². The average molecular weight is 119 g/mol. The highest BCUT2D eigenvalue weighted by Crippen LogP contribution is 1.80. The van der Waals surface area contributed by atoms with Crippen LogP contribution >= 0.6 is 0 Å². The van der Waals surface area contributed by atoms with Crippen molar-refractivity contribution in [1.29, 1.82) is 0 Å². The predicted molar refractivity (Wildman–Crippen MR) is 37.0 cm³/mol. The van der Waals surface area contributed by atoms with Crippen LogP contribution in [0.15, 0.2) is 0 Å². The van der Waals surface area contributed by atoms with E-state index in [0.717, 1.165) is 0 Å². The molecular weight excluding hydrogens is 102 g/mol. The van der Waals surface area contributed by atoms with Gasteiger partial charge in [0.1, 0.15) is 0 Å². The lowest BCUT2D eigenvalue weighted by Gasteiger charge is -2.10. The van der Waals surface area contributed by atoms with Gasteiger partial charge in [-0.05, 0) is 0 Å². The van der Waals surface area contributed by atoms with E-state index < -0.39 is 0 Å². The van der Waals surface area contributed by atoms with Crippen molar-refractivity contribution in [1.82, 2.24) is 5.32 Å². The Balaban J connectivity index is 0. The SMILES string of the molecule is CC(C)NC(C)C.O. The molecule has 0 radical (unpaired) electrons. The largest absolute Gasteiger partial charge is 0.412 e. The molecule has 0 aromatic carbocycles. The molecule has 52 valence electrons. The minimum absolute atomic E-state index is 0. The van der Waals surface area contributed by atoms with Crippen LogP contribution < -0.4 is 5.32 Å². The Morgan fingerprint density at radius 1 is 0.875 bits per heavy atom. The van der Waals surface area contributed by atoms with E-state index in [1.807, 2.05) is 0 Å². The zero-order valence-corrected chi connectivity index (χ0v) is 6.15. The second-order valence-electron chi connectivity index (χ2n) is 2.48. The molecule has 0 aliphatic rings. The lowest BCUT2D eigenvalue weighted by molar-refractivity contribution is 0.518. The molecule has 2 nitrogen and oxygen atoms in total. The summed E-state index contributed by atoms with van der Waals surface area (Å²) in [7, 11) is 0. The number of hydrogen-bond acceptors (Lipinski definition) is 1. The highest BCUT2D eigenvalue weighted by Gasteiger charge is 1.92. The predicted octanol–water partition coefficient (Wildman–Crippen LogP) is 0.568. The Hall–Kier alpha value is -0.0800. The second kappa shape index (κ2) is 5.06. The molecule has 0 atom stereocenters. The smallest absolute Gasteiger partial charge is 0.00127 e. The highest BCUT2D eigenvalue weighted by atomic mass is 16.0. The standard InChI is InChI=1S/C6H15N.H2O/c1-5(2)7-6(3)4;/h5-7H,1-4H3;1H2. The molecule has 0 fully saturated rings. The van der Waals surface area contributed by atoms with Gasteiger partial charge in [0.25, 0.3) is 0 Å². The minimum atomic E-state index is 0. The third kappa shape index (κ3) is 9.33. The molecule has 0 unspecified atom stereocenters. The van der Waals surface area contributed by atoms with E-state index in [9.17, 15) is 0 Å². The van der Waals surface area contributed by atoms with Gasteiger partial charge in [0, 0.05) is 12.1 Å². The van der Waals surface area contributed by atoms with E-state index in [0.29, 0.717) is 12.1 Å². The van der Waals surface area contributed by atoms with Crippen LogP contribution in [-0.2, 0) is 0 Å². The molecule has 0 amide bonds. The van der Waals surface area contributed by atoms with Crippen LogP contribution in [0.4, 0.5) is 0 Å². The van der Waals surface area contributed by atoms with Crippen LogP contribution in [0.25, 0.3) is 0 Å². The molecule has 0 rings (SSSR count). The highest BCUT2D eigenvalue weighted by molar-refractivity contribution is 4.55. The first kappa shape index (κ1) is 10.8. The molecule has 2 heteroatoms. The summed E-state index contributed by atoms with van der Waals surface area (Å²) in [6.45, 7) is 8.61. The van der Waals surface area contributed by atoms with Crippen LogP contribution in [0.5, 0.6) is 0 Å². The van der Waals surface area contributed by atoms with Crippen LogP contribution in [-0.4, -0.2) is 17.6 Å². The van der Waals surface area contributed by atoms with Gasteiger partial charge in [-0.2, -0.15) is 0 Å². The number of rotatable bonds is 2. The fraction of sp³-hybridized carbons (Fsp3) is 1.00. The molecule has 0 spiro atoms. The first-order valence-electron chi connectivity index (χ1n) is 2.89. The van der Waals surface area contributed by atoms with Gasteiger partial charge in [0.15, 0.2) is 0 Å². The summed E-state index contributed by atoms with van der Waals surface area (Å²) in [6, 6.07) is 1.25. The maximum Gasteiger partial charge on any atom is 0.00127 e. The lowest BCUT2D eigenvalue weighted by atomic mass is 10.3. The van der Waals surface area contributed by atoms with Crippen molar-refractivity contribution < 1.29 is 5.48 Å². The van der Waals surface area contributed by atoms with Crippen LogP contribution in [0.2, 0.25) is 0 Å². The van der Waals surface area contributed by atoms with Crippen molar-refractivity contribution in [3.05, 3.63) is 0 Å². The zero-order chi connectivity index (χ0) is 5.86. The van der Waals surface area contributed by atoms with Gasteiger partial charge in [-0.25, -0.2) is 0 Å². The van der Waals surface area contributed by atoms with Crippen molar-refractivity contribution in [2.24, 2.45) is 0 Å². The van der Waals surface area contributed by atoms with Crippen LogP contribution in [0.1, 0.15) is 27.7 Å². The molecule has 8 heavy (non-hydrogen) atoms. The van der Waals surface area contributed by atoms with E-state index in [1.54, 1.807) is 0 Å².